The van der Waals surface area contributed by atoms with Crippen LogP contribution >= 0.6 is 0 Å². The number of carbonyl (C=O) groups excluding carboxylic acids is 1. The van der Waals surface area contributed by atoms with Crippen LogP contribution in [0.2, 0.25) is 0 Å². The van der Waals surface area contributed by atoms with Crippen molar-refractivity contribution in [2.24, 2.45) is 0 Å². The third kappa shape index (κ3) is 3.55. The van der Waals surface area contributed by atoms with Crippen LogP contribution in [-0.4, -0.2) is 20.4 Å². The summed E-state index contributed by atoms with van der Waals surface area (Å²) in [5.41, 5.74) is 2.97. The van der Waals surface area contributed by atoms with E-state index in [-0.39, 0.29) is 24.4 Å². The Kier molecular flexibility index (Phi) is 4.72. The number of nitrogens with one attached hydrogen (secondary N) is 1. The molecule has 0 unspecified atom stereocenters. The van der Waals surface area contributed by atoms with Crippen LogP contribution in [-0.2, 0) is 11.3 Å². The molecule has 0 saturated carbocycles. The lowest BCUT2D eigenvalue weighted by molar-refractivity contribution is -0.116. The molecule has 0 fully saturated rings. The van der Waals surface area contributed by atoms with Gasteiger partial charge in [0.2, 0.25) is 5.91 Å². The summed E-state index contributed by atoms with van der Waals surface area (Å²) >= 11 is 0. The molecule has 2 aromatic carbocycles. The van der Waals surface area contributed by atoms with Crippen LogP contribution in [0, 0.1) is 6.92 Å². The average Bonchev–Trinajstić information content (AvgIpc) is 3.23. The molecule has 0 saturated heterocycles. The Morgan fingerprint density at radius 1 is 1.21 bits per heavy atom. The maximum absolute atomic E-state index is 12.6. The van der Waals surface area contributed by atoms with Crippen molar-refractivity contribution in [3.8, 4) is 11.3 Å². The molecule has 1 amide bonds. The Balaban J connectivity index is 1.45. The molecular weight excluding hydrogens is 356 g/mol. The van der Waals surface area contributed by atoms with E-state index in [0.29, 0.717) is 22.4 Å². The molecule has 7 nitrogen and oxygen atoms in total. The lowest BCUT2D eigenvalue weighted by Gasteiger charge is -2.09. The predicted molar refractivity (Wildman–Crippen MR) is 106 cm³/mol. The van der Waals surface area contributed by atoms with Crippen molar-refractivity contribution in [1.82, 2.24) is 14.5 Å². The molecule has 28 heavy (non-hydrogen) atoms. The first-order valence-electron chi connectivity index (χ1n) is 8.85. The van der Waals surface area contributed by atoms with E-state index in [9.17, 15) is 9.59 Å². The number of aromatic nitrogens is 3. The number of rotatable bonds is 5. The Morgan fingerprint density at radius 3 is 2.89 bits per heavy atom. The zero-order valence-electron chi connectivity index (χ0n) is 15.3. The van der Waals surface area contributed by atoms with Gasteiger partial charge in [-0.2, -0.15) is 0 Å². The second-order valence-electron chi connectivity index (χ2n) is 6.46. The number of carbonyl (C=O) groups is 1. The molecule has 0 aliphatic carbocycles. The van der Waals surface area contributed by atoms with Gasteiger partial charge >= 0.3 is 0 Å². The van der Waals surface area contributed by atoms with Crippen molar-refractivity contribution in [3.05, 3.63) is 77.3 Å². The fourth-order valence-corrected chi connectivity index (χ4v) is 3.05. The molecule has 0 spiro atoms. The van der Waals surface area contributed by atoms with Gasteiger partial charge in [0.25, 0.3) is 5.56 Å². The smallest absolute Gasteiger partial charge is 0.261 e. The van der Waals surface area contributed by atoms with E-state index >= 15 is 0 Å². The monoisotopic (exact) mass is 374 g/mol. The zero-order chi connectivity index (χ0) is 19.5. The van der Waals surface area contributed by atoms with E-state index in [4.69, 9.17) is 4.42 Å². The summed E-state index contributed by atoms with van der Waals surface area (Å²) in [4.78, 5) is 33.2. The number of para-hydroxylation sites is 1. The summed E-state index contributed by atoms with van der Waals surface area (Å²) in [5.74, 6) is 0.436. The molecule has 2 aromatic heterocycles. The fraction of sp³-hybridized carbons (Fsp3) is 0.143. The number of hydrogen-bond donors (Lipinski definition) is 1. The summed E-state index contributed by atoms with van der Waals surface area (Å²) in [6.07, 6.45) is 4.63. The van der Waals surface area contributed by atoms with E-state index in [1.54, 1.807) is 18.3 Å². The Morgan fingerprint density at radius 2 is 2.07 bits per heavy atom. The number of benzene rings is 2. The third-order valence-electron chi connectivity index (χ3n) is 4.50. The number of hydrogen-bond acceptors (Lipinski definition) is 5. The van der Waals surface area contributed by atoms with Gasteiger partial charge in [-0.3, -0.25) is 14.2 Å². The van der Waals surface area contributed by atoms with E-state index < -0.39 is 0 Å². The Hall–Kier alpha value is -3.74. The highest BCUT2D eigenvalue weighted by molar-refractivity contribution is 5.91. The minimum atomic E-state index is -0.189. The summed E-state index contributed by atoms with van der Waals surface area (Å²) in [5, 5.41) is 3.40. The van der Waals surface area contributed by atoms with Crippen molar-refractivity contribution < 1.29 is 9.21 Å². The van der Waals surface area contributed by atoms with Crippen LogP contribution in [0.4, 0.5) is 5.69 Å². The van der Waals surface area contributed by atoms with Crippen LogP contribution in [0.5, 0.6) is 0 Å². The van der Waals surface area contributed by atoms with Gasteiger partial charge < -0.3 is 9.73 Å². The van der Waals surface area contributed by atoms with Crippen molar-refractivity contribution in [2.75, 3.05) is 5.32 Å². The second-order valence-corrected chi connectivity index (χ2v) is 6.46. The van der Waals surface area contributed by atoms with Gasteiger partial charge in [-0.15, -0.1) is 0 Å². The molecule has 1 N–H and O–H groups in total. The van der Waals surface area contributed by atoms with Gasteiger partial charge in [0.15, 0.2) is 12.2 Å². The molecule has 4 aromatic rings. The zero-order valence-corrected chi connectivity index (χ0v) is 15.3. The molecule has 7 heteroatoms. The standard InChI is InChI=1S/C21H18N4O3/c1-14-4-2-7-17-20(14)23-12-25(21(17)27)9-8-19(26)24-16-6-3-5-15(10-16)18-11-22-13-28-18/h2-7,10-13H,8-9H2,1H3,(H,24,26). The number of aryl methyl sites for hydroxylation is 2. The van der Waals surface area contributed by atoms with Gasteiger partial charge in [-0.05, 0) is 30.7 Å². The number of fused-ring (bicyclic) bond motifs is 1. The van der Waals surface area contributed by atoms with Crippen LogP contribution in [0.25, 0.3) is 22.2 Å². The maximum atomic E-state index is 12.6. The molecule has 2 heterocycles. The molecule has 0 aliphatic heterocycles. The summed E-state index contributed by atoms with van der Waals surface area (Å²) in [6, 6.07) is 12.8. The topological polar surface area (TPSA) is 90.0 Å². The van der Waals surface area contributed by atoms with Gasteiger partial charge in [0, 0.05) is 24.2 Å². The molecule has 0 aliphatic rings. The van der Waals surface area contributed by atoms with Gasteiger partial charge in [0.1, 0.15) is 0 Å². The molecule has 0 bridgehead atoms. The highest BCUT2D eigenvalue weighted by Gasteiger charge is 2.09. The molecule has 0 radical (unpaired) electrons. The first kappa shape index (κ1) is 17.7. The first-order chi connectivity index (χ1) is 13.6. The normalized spacial score (nSPS) is 10.9. The first-order valence-corrected chi connectivity index (χ1v) is 8.85. The minimum absolute atomic E-state index is 0.145. The maximum Gasteiger partial charge on any atom is 0.261 e. The molecular formula is C21H18N4O3. The van der Waals surface area contributed by atoms with Crippen LogP contribution < -0.4 is 10.9 Å². The third-order valence-corrected chi connectivity index (χ3v) is 4.50. The van der Waals surface area contributed by atoms with E-state index in [1.165, 1.54) is 17.3 Å². The largest absolute Gasteiger partial charge is 0.444 e. The van der Waals surface area contributed by atoms with Crippen LogP contribution in [0.1, 0.15) is 12.0 Å². The molecule has 4 rings (SSSR count). The molecule has 140 valence electrons. The molecule has 0 atom stereocenters. The number of nitrogens with zero attached hydrogens (tertiary/aromatic N) is 3. The fourth-order valence-electron chi connectivity index (χ4n) is 3.05. The SMILES string of the molecule is Cc1cccc2c(=O)n(CCC(=O)Nc3cccc(-c4cnco4)c3)cnc12. The Bertz CT molecular complexity index is 1200. The highest BCUT2D eigenvalue weighted by Crippen LogP contribution is 2.22. The number of oxazole rings is 1. The second kappa shape index (κ2) is 7.48. The van der Waals surface area contributed by atoms with Crippen LogP contribution in [0.3, 0.4) is 0 Å². The van der Waals surface area contributed by atoms with Crippen molar-refractivity contribution in [3.63, 3.8) is 0 Å². The van der Waals surface area contributed by atoms with Gasteiger partial charge in [0.05, 0.1) is 23.4 Å². The Labute approximate surface area is 160 Å². The summed E-state index contributed by atoms with van der Waals surface area (Å²) in [7, 11) is 0. The van der Waals surface area contributed by atoms with Crippen LogP contribution in [0.15, 0.2) is 70.6 Å². The lowest BCUT2D eigenvalue weighted by Crippen LogP contribution is -2.23. The van der Waals surface area contributed by atoms with Gasteiger partial charge in [-0.25, -0.2) is 9.97 Å². The predicted octanol–water partition coefficient (Wildman–Crippen LogP) is 3.39. The minimum Gasteiger partial charge on any atom is -0.444 e. The van der Waals surface area contributed by atoms with E-state index in [2.05, 4.69) is 15.3 Å². The highest BCUT2D eigenvalue weighted by atomic mass is 16.3. The van der Waals surface area contributed by atoms with E-state index in [1.807, 2.05) is 37.3 Å². The van der Waals surface area contributed by atoms with E-state index in [0.717, 1.165) is 11.1 Å². The summed E-state index contributed by atoms with van der Waals surface area (Å²) in [6.45, 7) is 2.17. The van der Waals surface area contributed by atoms with Crippen molar-refractivity contribution in [1.29, 1.82) is 0 Å². The average molecular weight is 374 g/mol. The lowest BCUT2D eigenvalue weighted by atomic mass is 10.1. The summed E-state index contributed by atoms with van der Waals surface area (Å²) < 4.78 is 6.74. The van der Waals surface area contributed by atoms with Crippen molar-refractivity contribution >= 4 is 22.5 Å². The number of amides is 1. The number of anilines is 1. The van der Waals surface area contributed by atoms with Crippen molar-refractivity contribution in [2.45, 2.75) is 19.9 Å². The van der Waals surface area contributed by atoms with Gasteiger partial charge in [-0.1, -0.05) is 24.3 Å². The quantitative estimate of drug-likeness (QED) is 0.578.